The Morgan fingerprint density at radius 1 is 1.26 bits per heavy atom. The molecule has 19 heavy (non-hydrogen) atoms. The lowest BCUT2D eigenvalue weighted by Gasteiger charge is -2.15. The molecule has 6 heteroatoms. The molecule has 1 aromatic rings. The van der Waals surface area contributed by atoms with Gasteiger partial charge in [-0.1, -0.05) is 12.8 Å². The summed E-state index contributed by atoms with van der Waals surface area (Å²) in [6.45, 7) is 2.05. The zero-order chi connectivity index (χ0) is 13.8. The summed E-state index contributed by atoms with van der Waals surface area (Å²) in [5.41, 5.74) is 4.75. The summed E-state index contributed by atoms with van der Waals surface area (Å²) >= 11 is 7.10. The molecule has 1 aliphatic carbocycles. The number of nitrogens with zero attached hydrogens (tertiary/aromatic N) is 1. The monoisotopic (exact) mass is 388 g/mol. The number of hydrogen-bond donors (Lipinski definition) is 3. The van der Waals surface area contributed by atoms with Crippen molar-refractivity contribution in [3.8, 4) is 0 Å². The zero-order valence-electron chi connectivity index (χ0n) is 10.8. The molecule has 0 atom stereocenters. The van der Waals surface area contributed by atoms with Crippen LogP contribution in [0.25, 0.3) is 0 Å². The van der Waals surface area contributed by atoms with E-state index in [1.165, 1.54) is 18.4 Å². The second-order valence-corrected chi connectivity index (χ2v) is 6.50. The highest BCUT2D eigenvalue weighted by atomic mass is 79.9. The number of anilines is 1. The maximum atomic E-state index is 5.55. The van der Waals surface area contributed by atoms with Gasteiger partial charge < -0.3 is 5.32 Å². The van der Waals surface area contributed by atoms with Gasteiger partial charge >= 0.3 is 0 Å². The third kappa shape index (κ3) is 3.94. The Labute approximate surface area is 130 Å². The van der Waals surface area contributed by atoms with Crippen LogP contribution in [0.3, 0.4) is 0 Å². The SMILES string of the molecule is Cc1cc(Br)c(NC(=NC2CCCC2)NN)c(Br)c1. The first-order valence-electron chi connectivity index (χ1n) is 6.37. The molecule has 104 valence electrons. The van der Waals surface area contributed by atoms with Gasteiger partial charge in [-0.3, -0.25) is 5.43 Å². The minimum Gasteiger partial charge on any atom is -0.323 e. The van der Waals surface area contributed by atoms with Gasteiger partial charge in [0.25, 0.3) is 0 Å². The molecule has 0 heterocycles. The van der Waals surface area contributed by atoms with Gasteiger partial charge in [-0.25, -0.2) is 10.8 Å². The summed E-state index contributed by atoms with van der Waals surface area (Å²) < 4.78 is 1.96. The van der Waals surface area contributed by atoms with Crippen molar-refractivity contribution < 1.29 is 0 Å². The molecular weight excluding hydrogens is 372 g/mol. The lowest BCUT2D eigenvalue weighted by molar-refractivity contribution is 0.700. The largest absolute Gasteiger partial charge is 0.323 e. The van der Waals surface area contributed by atoms with Crippen molar-refractivity contribution in [2.75, 3.05) is 5.32 Å². The number of rotatable bonds is 2. The van der Waals surface area contributed by atoms with E-state index in [9.17, 15) is 0 Å². The molecule has 4 N–H and O–H groups in total. The number of benzene rings is 1. The Bertz CT molecular complexity index is 459. The molecule has 0 amide bonds. The fourth-order valence-electron chi connectivity index (χ4n) is 2.26. The number of hydrogen-bond acceptors (Lipinski definition) is 2. The van der Waals surface area contributed by atoms with E-state index in [1.807, 2.05) is 6.92 Å². The van der Waals surface area contributed by atoms with Crippen LogP contribution < -0.4 is 16.6 Å². The predicted octanol–water partition coefficient (Wildman–Crippen LogP) is 3.69. The van der Waals surface area contributed by atoms with E-state index >= 15 is 0 Å². The van der Waals surface area contributed by atoms with Crippen LogP contribution in [0.4, 0.5) is 5.69 Å². The molecule has 1 saturated carbocycles. The first-order chi connectivity index (χ1) is 9.10. The topological polar surface area (TPSA) is 62.4 Å². The molecule has 4 nitrogen and oxygen atoms in total. The molecule has 1 aromatic carbocycles. The number of guanidine groups is 1. The van der Waals surface area contributed by atoms with Gasteiger partial charge in [-0.2, -0.15) is 0 Å². The van der Waals surface area contributed by atoms with Crippen molar-refractivity contribution in [1.82, 2.24) is 5.43 Å². The number of halogens is 2. The standard InChI is InChI=1S/C13H18Br2N4/c1-8-6-10(14)12(11(15)7-8)18-13(19-16)17-9-4-2-3-5-9/h6-7,9H,2-5,16H2,1H3,(H2,17,18,19). The van der Waals surface area contributed by atoms with Gasteiger partial charge in [-0.05, 0) is 69.3 Å². The van der Waals surface area contributed by atoms with Gasteiger partial charge in [0.05, 0.1) is 11.7 Å². The molecule has 0 radical (unpaired) electrons. The van der Waals surface area contributed by atoms with Crippen LogP contribution in [0.2, 0.25) is 0 Å². The number of hydrazine groups is 1. The van der Waals surface area contributed by atoms with Crippen LogP contribution in [0.1, 0.15) is 31.2 Å². The van der Waals surface area contributed by atoms with E-state index in [4.69, 9.17) is 5.84 Å². The number of aryl methyl sites for hydroxylation is 1. The first kappa shape index (κ1) is 14.8. The molecular formula is C13H18Br2N4. The smallest absolute Gasteiger partial charge is 0.210 e. The molecule has 2 rings (SSSR count). The summed E-state index contributed by atoms with van der Waals surface area (Å²) in [6.07, 6.45) is 4.79. The minimum absolute atomic E-state index is 0.376. The van der Waals surface area contributed by atoms with Crippen molar-refractivity contribution in [1.29, 1.82) is 0 Å². The summed E-state index contributed by atoms with van der Waals surface area (Å²) in [5, 5.41) is 3.24. The minimum atomic E-state index is 0.376. The Morgan fingerprint density at radius 3 is 2.37 bits per heavy atom. The third-order valence-electron chi connectivity index (χ3n) is 3.20. The second kappa shape index (κ2) is 6.72. The fraction of sp³-hybridized carbons (Fsp3) is 0.462. The van der Waals surface area contributed by atoms with E-state index in [-0.39, 0.29) is 0 Å². The van der Waals surface area contributed by atoms with Crippen LogP contribution in [0.15, 0.2) is 26.1 Å². The van der Waals surface area contributed by atoms with E-state index in [1.54, 1.807) is 0 Å². The fourth-order valence-corrected chi connectivity index (χ4v) is 3.87. The van der Waals surface area contributed by atoms with Crippen molar-refractivity contribution in [3.63, 3.8) is 0 Å². The Hall–Kier alpha value is -0.590. The van der Waals surface area contributed by atoms with Gasteiger partial charge in [0, 0.05) is 8.95 Å². The highest BCUT2D eigenvalue weighted by Gasteiger charge is 2.15. The lowest BCUT2D eigenvalue weighted by atomic mass is 10.2. The van der Waals surface area contributed by atoms with Crippen molar-refractivity contribution in [3.05, 3.63) is 26.6 Å². The summed E-state index contributed by atoms with van der Waals surface area (Å²) in [5.74, 6) is 6.16. The Kier molecular flexibility index (Phi) is 5.24. The van der Waals surface area contributed by atoms with E-state index < -0.39 is 0 Å². The van der Waals surface area contributed by atoms with Gasteiger partial charge in [0.15, 0.2) is 0 Å². The zero-order valence-corrected chi connectivity index (χ0v) is 14.0. The molecule has 1 aliphatic rings. The average molecular weight is 390 g/mol. The lowest BCUT2D eigenvalue weighted by Crippen LogP contribution is -2.37. The highest BCUT2D eigenvalue weighted by Crippen LogP contribution is 2.32. The average Bonchev–Trinajstić information content (AvgIpc) is 2.84. The molecule has 0 spiro atoms. The van der Waals surface area contributed by atoms with Gasteiger partial charge in [0.2, 0.25) is 5.96 Å². The quantitative estimate of drug-likeness (QED) is 0.313. The van der Waals surface area contributed by atoms with Crippen LogP contribution in [0.5, 0.6) is 0 Å². The third-order valence-corrected chi connectivity index (χ3v) is 4.45. The Morgan fingerprint density at radius 2 is 1.84 bits per heavy atom. The normalized spacial score (nSPS) is 16.7. The van der Waals surface area contributed by atoms with Crippen LogP contribution >= 0.6 is 31.9 Å². The molecule has 0 bridgehead atoms. The van der Waals surface area contributed by atoms with Crippen molar-refractivity contribution >= 4 is 43.5 Å². The highest BCUT2D eigenvalue weighted by molar-refractivity contribution is 9.11. The van der Waals surface area contributed by atoms with E-state index in [0.717, 1.165) is 27.5 Å². The maximum absolute atomic E-state index is 5.55. The maximum Gasteiger partial charge on any atom is 0.210 e. The number of nitrogens with one attached hydrogen (secondary N) is 2. The summed E-state index contributed by atoms with van der Waals surface area (Å²) in [4.78, 5) is 4.62. The number of aliphatic imine (C=N–C) groups is 1. The summed E-state index contributed by atoms with van der Waals surface area (Å²) in [6, 6.07) is 4.48. The van der Waals surface area contributed by atoms with Crippen molar-refractivity contribution in [2.45, 2.75) is 38.6 Å². The van der Waals surface area contributed by atoms with Crippen LogP contribution in [-0.2, 0) is 0 Å². The second-order valence-electron chi connectivity index (χ2n) is 4.79. The van der Waals surface area contributed by atoms with E-state index in [0.29, 0.717) is 12.0 Å². The molecule has 0 saturated heterocycles. The summed E-state index contributed by atoms with van der Waals surface area (Å²) in [7, 11) is 0. The Balaban J connectivity index is 2.18. The molecule has 1 fully saturated rings. The number of nitrogens with two attached hydrogens (primary N) is 1. The molecule has 0 aliphatic heterocycles. The predicted molar refractivity (Wildman–Crippen MR) is 87.2 cm³/mol. The van der Waals surface area contributed by atoms with Gasteiger partial charge in [0.1, 0.15) is 0 Å². The van der Waals surface area contributed by atoms with Crippen LogP contribution in [0, 0.1) is 6.92 Å². The molecule has 0 aromatic heterocycles. The van der Waals surface area contributed by atoms with E-state index in [2.05, 4.69) is 59.7 Å². The molecule has 0 unspecified atom stereocenters. The first-order valence-corrected chi connectivity index (χ1v) is 7.96. The van der Waals surface area contributed by atoms with Crippen molar-refractivity contribution in [2.24, 2.45) is 10.8 Å². The van der Waals surface area contributed by atoms with Crippen LogP contribution in [-0.4, -0.2) is 12.0 Å². The van der Waals surface area contributed by atoms with Gasteiger partial charge in [-0.15, -0.1) is 0 Å².